The summed E-state index contributed by atoms with van der Waals surface area (Å²) >= 11 is 3.43. The molecule has 1 heterocycles. The Labute approximate surface area is 91.2 Å². The summed E-state index contributed by atoms with van der Waals surface area (Å²) in [5.41, 5.74) is 2.10. The van der Waals surface area contributed by atoms with Crippen molar-refractivity contribution >= 4 is 27.0 Å². The van der Waals surface area contributed by atoms with Crippen LogP contribution in [-0.2, 0) is 6.42 Å². The zero-order valence-corrected chi connectivity index (χ0v) is 9.34. The van der Waals surface area contributed by atoms with E-state index in [1.165, 1.54) is 0 Å². The Kier molecular flexibility index (Phi) is 2.68. The first-order valence-corrected chi connectivity index (χ1v) is 5.34. The van der Waals surface area contributed by atoms with Gasteiger partial charge in [-0.25, -0.2) is 4.98 Å². The number of imidazole rings is 1. The highest BCUT2D eigenvalue weighted by Gasteiger charge is 2.01. The second-order valence-electron chi connectivity index (χ2n) is 3.17. The van der Waals surface area contributed by atoms with Gasteiger partial charge in [-0.2, -0.15) is 0 Å². The number of rotatable bonds is 3. The molecule has 0 amide bonds. The number of benzene rings is 1. The Hall–Kier alpha value is -1.09. The van der Waals surface area contributed by atoms with Gasteiger partial charge in [-0.3, -0.25) is 0 Å². The van der Waals surface area contributed by atoms with Gasteiger partial charge in [-0.05, 0) is 24.6 Å². The molecule has 0 fully saturated rings. The molecular formula is C11H11BrN2. The molecule has 0 aliphatic carbocycles. The summed E-state index contributed by atoms with van der Waals surface area (Å²) in [7, 11) is 0. The van der Waals surface area contributed by atoms with Crippen LogP contribution >= 0.6 is 15.9 Å². The Balaban J connectivity index is 2.36. The lowest BCUT2D eigenvalue weighted by atomic mass is 10.3. The van der Waals surface area contributed by atoms with Gasteiger partial charge in [-0.15, -0.1) is 6.58 Å². The van der Waals surface area contributed by atoms with Crippen molar-refractivity contribution in [3.63, 3.8) is 0 Å². The minimum Gasteiger partial charge on any atom is -0.342 e. The van der Waals surface area contributed by atoms with Crippen molar-refractivity contribution in [3.8, 4) is 0 Å². The Morgan fingerprint density at radius 1 is 1.50 bits per heavy atom. The quantitative estimate of drug-likeness (QED) is 0.831. The zero-order valence-electron chi connectivity index (χ0n) is 7.76. The summed E-state index contributed by atoms with van der Waals surface area (Å²) in [6.07, 6.45) is 3.79. The van der Waals surface area contributed by atoms with Crippen molar-refractivity contribution in [1.29, 1.82) is 0 Å². The van der Waals surface area contributed by atoms with Crippen molar-refractivity contribution < 1.29 is 0 Å². The molecular weight excluding hydrogens is 240 g/mol. The summed E-state index contributed by atoms with van der Waals surface area (Å²) in [6.45, 7) is 3.69. The summed E-state index contributed by atoms with van der Waals surface area (Å²) < 4.78 is 1.07. The van der Waals surface area contributed by atoms with E-state index in [9.17, 15) is 0 Å². The monoisotopic (exact) mass is 250 g/mol. The molecule has 72 valence electrons. The van der Waals surface area contributed by atoms with E-state index in [2.05, 4.69) is 32.5 Å². The first kappa shape index (κ1) is 9.46. The second-order valence-corrected chi connectivity index (χ2v) is 4.09. The number of allylic oxidation sites excluding steroid dienone is 1. The number of nitrogens with zero attached hydrogens (tertiary/aromatic N) is 1. The van der Waals surface area contributed by atoms with Crippen molar-refractivity contribution in [2.45, 2.75) is 12.8 Å². The zero-order chi connectivity index (χ0) is 9.97. The number of H-pyrrole nitrogens is 1. The minimum absolute atomic E-state index is 0.926. The maximum Gasteiger partial charge on any atom is 0.107 e. The molecule has 0 spiro atoms. The van der Waals surface area contributed by atoms with Gasteiger partial charge in [0.15, 0.2) is 0 Å². The maximum absolute atomic E-state index is 4.47. The third-order valence-electron chi connectivity index (χ3n) is 2.08. The first-order valence-electron chi connectivity index (χ1n) is 4.54. The van der Waals surface area contributed by atoms with Crippen molar-refractivity contribution in [1.82, 2.24) is 9.97 Å². The molecule has 1 aromatic heterocycles. The van der Waals surface area contributed by atoms with Gasteiger partial charge in [0.1, 0.15) is 5.82 Å². The molecule has 14 heavy (non-hydrogen) atoms. The van der Waals surface area contributed by atoms with E-state index in [1.807, 2.05) is 24.3 Å². The second kappa shape index (κ2) is 3.96. The fourth-order valence-corrected chi connectivity index (χ4v) is 1.75. The van der Waals surface area contributed by atoms with Gasteiger partial charge in [0.25, 0.3) is 0 Å². The number of aryl methyl sites for hydroxylation is 1. The van der Waals surface area contributed by atoms with E-state index in [1.54, 1.807) is 0 Å². The highest BCUT2D eigenvalue weighted by molar-refractivity contribution is 9.10. The van der Waals surface area contributed by atoms with Crippen LogP contribution in [0.4, 0.5) is 0 Å². The largest absolute Gasteiger partial charge is 0.342 e. The fourth-order valence-electron chi connectivity index (χ4n) is 1.39. The molecule has 1 N–H and O–H groups in total. The van der Waals surface area contributed by atoms with Crippen LogP contribution < -0.4 is 0 Å². The maximum atomic E-state index is 4.47. The number of halogens is 1. The molecule has 0 aliphatic heterocycles. The van der Waals surface area contributed by atoms with E-state index in [4.69, 9.17) is 0 Å². The van der Waals surface area contributed by atoms with Crippen LogP contribution in [0.25, 0.3) is 11.0 Å². The average molecular weight is 251 g/mol. The molecule has 0 aliphatic rings. The number of fused-ring (bicyclic) bond motifs is 1. The van der Waals surface area contributed by atoms with Gasteiger partial charge in [0.2, 0.25) is 0 Å². The molecule has 0 saturated heterocycles. The highest BCUT2D eigenvalue weighted by atomic mass is 79.9. The normalized spacial score (nSPS) is 10.6. The van der Waals surface area contributed by atoms with E-state index >= 15 is 0 Å². The molecule has 0 atom stereocenters. The number of hydrogen-bond donors (Lipinski definition) is 1. The summed E-state index contributed by atoms with van der Waals surface area (Å²) in [5.74, 6) is 1.03. The molecule has 0 radical (unpaired) electrons. The van der Waals surface area contributed by atoms with Crippen LogP contribution in [-0.4, -0.2) is 9.97 Å². The number of nitrogens with one attached hydrogen (secondary N) is 1. The van der Waals surface area contributed by atoms with Crippen LogP contribution in [0.1, 0.15) is 12.2 Å². The van der Waals surface area contributed by atoms with E-state index in [-0.39, 0.29) is 0 Å². The number of aromatic amines is 1. The molecule has 2 aromatic rings. The van der Waals surface area contributed by atoms with Crippen molar-refractivity contribution in [3.05, 3.63) is 41.2 Å². The predicted molar refractivity (Wildman–Crippen MR) is 62.3 cm³/mol. The average Bonchev–Trinajstić information content (AvgIpc) is 2.56. The smallest absolute Gasteiger partial charge is 0.107 e. The summed E-state index contributed by atoms with van der Waals surface area (Å²) in [4.78, 5) is 7.75. The third kappa shape index (κ3) is 1.87. The first-order chi connectivity index (χ1) is 6.79. The molecule has 0 saturated carbocycles. The SMILES string of the molecule is C=CCCc1nc2ccc(Br)cc2[nH]1. The van der Waals surface area contributed by atoms with Gasteiger partial charge in [0.05, 0.1) is 11.0 Å². The highest BCUT2D eigenvalue weighted by Crippen LogP contribution is 2.18. The van der Waals surface area contributed by atoms with Crippen LogP contribution in [0.2, 0.25) is 0 Å². The van der Waals surface area contributed by atoms with Crippen LogP contribution in [0, 0.1) is 0 Å². The molecule has 0 unspecified atom stereocenters. The standard InChI is InChI=1S/C11H11BrN2/c1-2-3-4-11-13-9-6-5-8(12)7-10(9)14-11/h2,5-7H,1,3-4H2,(H,13,14). The van der Waals surface area contributed by atoms with Crippen LogP contribution in [0.15, 0.2) is 35.3 Å². The van der Waals surface area contributed by atoms with Crippen LogP contribution in [0.5, 0.6) is 0 Å². The molecule has 2 rings (SSSR count). The Bertz CT molecular complexity index is 459. The van der Waals surface area contributed by atoms with Crippen LogP contribution in [0.3, 0.4) is 0 Å². The summed E-state index contributed by atoms with van der Waals surface area (Å²) in [5, 5.41) is 0. The lowest BCUT2D eigenvalue weighted by Crippen LogP contribution is -1.84. The lowest BCUT2D eigenvalue weighted by molar-refractivity contribution is 0.918. The molecule has 0 bridgehead atoms. The minimum atomic E-state index is 0.926. The van der Waals surface area contributed by atoms with E-state index in [0.717, 1.165) is 34.2 Å². The van der Waals surface area contributed by atoms with Gasteiger partial charge < -0.3 is 4.98 Å². The number of hydrogen-bond acceptors (Lipinski definition) is 1. The third-order valence-corrected chi connectivity index (χ3v) is 2.57. The van der Waals surface area contributed by atoms with Gasteiger partial charge >= 0.3 is 0 Å². The Morgan fingerprint density at radius 2 is 2.36 bits per heavy atom. The van der Waals surface area contributed by atoms with Gasteiger partial charge in [0, 0.05) is 10.9 Å². The predicted octanol–water partition coefficient (Wildman–Crippen LogP) is 3.44. The Morgan fingerprint density at radius 3 is 3.14 bits per heavy atom. The fraction of sp³-hybridized carbons (Fsp3) is 0.182. The molecule has 2 nitrogen and oxygen atoms in total. The van der Waals surface area contributed by atoms with Gasteiger partial charge in [-0.1, -0.05) is 22.0 Å². The molecule has 1 aromatic carbocycles. The van der Waals surface area contributed by atoms with E-state index < -0.39 is 0 Å². The summed E-state index contributed by atoms with van der Waals surface area (Å²) in [6, 6.07) is 6.05. The molecule has 3 heteroatoms. The number of aromatic nitrogens is 2. The lowest BCUT2D eigenvalue weighted by Gasteiger charge is -1.88. The van der Waals surface area contributed by atoms with Crippen molar-refractivity contribution in [2.75, 3.05) is 0 Å². The van der Waals surface area contributed by atoms with Crippen molar-refractivity contribution in [2.24, 2.45) is 0 Å². The van der Waals surface area contributed by atoms with E-state index in [0.29, 0.717) is 0 Å². The topological polar surface area (TPSA) is 28.7 Å².